The van der Waals surface area contributed by atoms with E-state index in [1.165, 1.54) is 12.8 Å². The highest BCUT2D eigenvalue weighted by Crippen LogP contribution is 2.20. The molecule has 0 aliphatic rings. The van der Waals surface area contributed by atoms with E-state index in [4.69, 9.17) is 0 Å². The minimum absolute atomic E-state index is 0. The van der Waals surface area contributed by atoms with Crippen molar-refractivity contribution in [3.05, 3.63) is 0 Å². The van der Waals surface area contributed by atoms with E-state index in [0.29, 0.717) is 11.8 Å². The average molecular weight is 187 g/mol. The van der Waals surface area contributed by atoms with Crippen LogP contribution in [0.4, 0.5) is 0 Å². The van der Waals surface area contributed by atoms with E-state index in [0.717, 1.165) is 13.0 Å². The molecule has 80 valence electrons. The molecule has 0 heterocycles. The smallest absolute Gasteiger partial charge is 0.219 e. The molecule has 0 saturated carbocycles. The second kappa shape index (κ2) is 6.01. The molecule has 0 aliphatic carbocycles. The van der Waals surface area contributed by atoms with Crippen LogP contribution in [0.1, 0.15) is 54.8 Å². The van der Waals surface area contributed by atoms with E-state index in [1.807, 2.05) is 6.92 Å². The first kappa shape index (κ1) is 12.5. The number of rotatable bonds is 5. The maximum Gasteiger partial charge on any atom is 0.219 e. The second-order valence-corrected chi connectivity index (χ2v) is 4.72. The monoisotopic (exact) mass is 187 g/mol. The molecular formula is C11H25NO. The standard InChI is InChI=1S/C11H23NO.H2/c1-5-10(13)12-9-7-6-8-11(2,3)4;/h5-9H2,1-4H3,(H,12,13);1H. The van der Waals surface area contributed by atoms with Crippen LogP contribution in [0, 0.1) is 5.41 Å². The SMILES string of the molecule is CCC(=O)NCCCCC(C)(C)C.[HH]. The van der Waals surface area contributed by atoms with E-state index >= 15 is 0 Å². The maximum atomic E-state index is 10.9. The van der Waals surface area contributed by atoms with Gasteiger partial charge in [0.15, 0.2) is 0 Å². The van der Waals surface area contributed by atoms with Crippen molar-refractivity contribution < 1.29 is 6.22 Å². The molecule has 0 saturated heterocycles. The lowest BCUT2D eigenvalue weighted by molar-refractivity contribution is -0.120. The molecule has 2 nitrogen and oxygen atoms in total. The van der Waals surface area contributed by atoms with Crippen LogP contribution in [0.2, 0.25) is 0 Å². The van der Waals surface area contributed by atoms with Gasteiger partial charge in [0.1, 0.15) is 0 Å². The summed E-state index contributed by atoms with van der Waals surface area (Å²) < 4.78 is 0. The van der Waals surface area contributed by atoms with Crippen LogP contribution in [0.5, 0.6) is 0 Å². The number of amides is 1. The Morgan fingerprint density at radius 3 is 2.38 bits per heavy atom. The van der Waals surface area contributed by atoms with Gasteiger partial charge in [0.25, 0.3) is 0 Å². The zero-order valence-corrected chi connectivity index (χ0v) is 9.44. The van der Waals surface area contributed by atoms with Gasteiger partial charge in [-0.25, -0.2) is 0 Å². The van der Waals surface area contributed by atoms with Crippen LogP contribution in [-0.4, -0.2) is 12.5 Å². The summed E-state index contributed by atoms with van der Waals surface area (Å²) >= 11 is 0. The Hall–Kier alpha value is -0.530. The molecule has 13 heavy (non-hydrogen) atoms. The molecule has 0 bridgehead atoms. The van der Waals surface area contributed by atoms with Crippen LogP contribution in [0.3, 0.4) is 0 Å². The first-order valence-corrected chi connectivity index (χ1v) is 5.22. The third kappa shape index (κ3) is 9.38. The van der Waals surface area contributed by atoms with E-state index in [1.54, 1.807) is 0 Å². The quantitative estimate of drug-likeness (QED) is 0.659. The fourth-order valence-electron chi connectivity index (χ4n) is 1.13. The van der Waals surface area contributed by atoms with Crippen LogP contribution in [0.25, 0.3) is 0 Å². The van der Waals surface area contributed by atoms with Crippen molar-refractivity contribution >= 4 is 5.91 Å². The topological polar surface area (TPSA) is 29.1 Å². The highest BCUT2D eigenvalue weighted by Gasteiger charge is 2.08. The molecule has 0 radical (unpaired) electrons. The normalized spacial score (nSPS) is 11.4. The number of nitrogens with one attached hydrogen (secondary N) is 1. The molecule has 0 spiro atoms. The van der Waals surface area contributed by atoms with Gasteiger partial charge in [-0.3, -0.25) is 4.79 Å². The Labute approximate surface area is 83.6 Å². The number of hydrogen-bond acceptors (Lipinski definition) is 1. The molecule has 0 aromatic rings. The summed E-state index contributed by atoms with van der Waals surface area (Å²) in [5, 5.41) is 2.88. The Bertz CT molecular complexity index is 152. The number of hydrogen-bond donors (Lipinski definition) is 1. The summed E-state index contributed by atoms with van der Waals surface area (Å²) in [4.78, 5) is 10.9. The first-order valence-electron chi connectivity index (χ1n) is 5.22. The third-order valence-corrected chi connectivity index (χ3v) is 2.00. The van der Waals surface area contributed by atoms with Gasteiger partial charge in [0.05, 0.1) is 0 Å². The van der Waals surface area contributed by atoms with Crippen molar-refractivity contribution in [1.82, 2.24) is 5.32 Å². The summed E-state index contributed by atoms with van der Waals surface area (Å²) in [7, 11) is 0. The van der Waals surface area contributed by atoms with Crippen molar-refractivity contribution in [2.75, 3.05) is 6.54 Å². The molecule has 0 aromatic heterocycles. The van der Waals surface area contributed by atoms with Crippen molar-refractivity contribution in [1.29, 1.82) is 0 Å². The summed E-state index contributed by atoms with van der Waals surface area (Å²) in [6, 6.07) is 0. The summed E-state index contributed by atoms with van der Waals surface area (Å²) in [5.74, 6) is 0.163. The molecule has 0 atom stereocenters. The molecule has 1 amide bonds. The zero-order chi connectivity index (χ0) is 10.3. The van der Waals surface area contributed by atoms with Gasteiger partial charge in [-0.1, -0.05) is 34.1 Å². The van der Waals surface area contributed by atoms with Crippen molar-refractivity contribution in [3.63, 3.8) is 0 Å². The molecule has 0 aliphatic heterocycles. The van der Waals surface area contributed by atoms with E-state index in [9.17, 15) is 4.79 Å². The van der Waals surface area contributed by atoms with Crippen LogP contribution in [0.15, 0.2) is 0 Å². The Morgan fingerprint density at radius 2 is 1.92 bits per heavy atom. The van der Waals surface area contributed by atoms with Gasteiger partial charge in [-0.15, -0.1) is 0 Å². The fourth-order valence-corrected chi connectivity index (χ4v) is 1.13. The molecule has 0 unspecified atom stereocenters. The van der Waals surface area contributed by atoms with E-state index in [-0.39, 0.29) is 7.33 Å². The number of carbonyl (C=O) groups excluding carboxylic acids is 1. The van der Waals surface area contributed by atoms with Gasteiger partial charge in [-0.05, 0) is 18.3 Å². The van der Waals surface area contributed by atoms with Crippen molar-refractivity contribution in [2.45, 2.75) is 53.4 Å². The summed E-state index contributed by atoms with van der Waals surface area (Å²) in [5.41, 5.74) is 0.425. The fraction of sp³-hybridized carbons (Fsp3) is 0.909. The lowest BCUT2D eigenvalue weighted by atomic mass is 9.90. The molecular weight excluding hydrogens is 162 g/mol. The maximum absolute atomic E-state index is 10.9. The Morgan fingerprint density at radius 1 is 1.31 bits per heavy atom. The van der Waals surface area contributed by atoms with Gasteiger partial charge in [0, 0.05) is 14.4 Å². The van der Waals surface area contributed by atoms with E-state index in [2.05, 4.69) is 26.1 Å². The minimum Gasteiger partial charge on any atom is -0.356 e. The van der Waals surface area contributed by atoms with Crippen LogP contribution >= 0.6 is 0 Å². The van der Waals surface area contributed by atoms with Gasteiger partial charge < -0.3 is 5.32 Å². The summed E-state index contributed by atoms with van der Waals surface area (Å²) in [6.45, 7) is 9.46. The van der Waals surface area contributed by atoms with Gasteiger partial charge in [0.2, 0.25) is 5.91 Å². The second-order valence-electron chi connectivity index (χ2n) is 4.72. The molecule has 1 N–H and O–H groups in total. The van der Waals surface area contributed by atoms with Gasteiger partial charge >= 0.3 is 0 Å². The van der Waals surface area contributed by atoms with Crippen molar-refractivity contribution in [3.8, 4) is 0 Å². The van der Waals surface area contributed by atoms with Gasteiger partial charge in [-0.2, -0.15) is 0 Å². The molecule has 0 aromatic carbocycles. The number of carbonyl (C=O) groups is 1. The van der Waals surface area contributed by atoms with Crippen LogP contribution < -0.4 is 5.32 Å². The lowest BCUT2D eigenvalue weighted by Gasteiger charge is -2.17. The molecule has 2 heteroatoms. The number of unbranched alkanes of at least 4 members (excludes halogenated alkanes) is 1. The predicted octanol–water partition coefficient (Wildman–Crippen LogP) is 2.98. The average Bonchev–Trinajstić information content (AvgIpc) is 2.01. The zero-order valence-electron chi connectivity index (χ0n) is 9.44. The summed E-state index contributed by atoms with van der Waals surface area (Å²) in [6.07, 6.45) is 4.13. The molecule has 0 fully saturated rings. The Kier molecular flexibility index (Phi) is 5.76. The van der Waals surface area contributed by atoms with E-state index < -0.39 is 0 Å². The van der Waals surface area contributed by atoms with Crippen LogP contribution in [-0.2, 0) is 4.79 Å². The predicted molar refractivity (Wildman–Crippen MR) is 58.7 cm³/mol. The first-order chi connectivity index (χ1) is 5.95. The third-order valence-electron chi connectivity index (χ3n) is 2.00. The van der Waals surface area contributed by atoms with Crippen molar-refractivity contribution in [2.24, 2.45) is 5.41 Å². The minimum atomic E-state index is 0. The highest BCUT2D eigenvalue weighted by molar-refractivity contribution is 5.75. The molecule has 0 rings (SSSR count). The lowest BCUT2D eigenvalue weighted by Crippen LogP contribution is -2.23. The highest BCUT2D eigenvalue weighted by atomic mass is 16.1. The Balaban J connectivity index is 0. The largest absolute Gasteiger partial charge is 0.356 e.